The SMILES string of the molecule is CCOC(=O)c1cccc(CN(CC)CC)c1. The normalized spacial score (nSPS) is 10.6. The molecule has 1 aromatic carbocycles. The molecule has 0 radical (unpaired) electrons. The van der Waals surface area contributed by atoms with Gasteiger partial charge < -0.3 is 4.74 Å². The molecule has 0 saturated carbocycles. The van der Waals surface area contributed by atoms with Crippen molar-refractivity contribution in [3.05, 3.63) is 35.4 Å². The molecule has 0 spiro atoms. The molecule has 0 atom stereocenters. The van der Waals surface area contributed by atoms with Crippen LogP contribution in [-0.4, -0.2) is 30.6 Å². The standard InChI is InChI=1S/C14H21NO2/c1-4-15(5-2)11-12-8-7-9-13(10-12)14(16)17-6-3/h7-10H,4-6,11H2,1-3H3. The van der Waals surface area contributed by atoms with Crippen LogP contribution in [0.15, 0.2) is 24.3 Å². The third kappa shape index (κ3) is 4.19. The molecule has 0 aromatic heterocycles. The minimum atomic E-state index is -0.242. The lowest BCUT2D eigenvalue weighted by atomic mass is 10.1. The zero-order chi connectivity index (χ0) is 12.7. The molecule has 0 bridgehead atoms. The summed E-state index contributed by atoms with van der Waals surface area (Å²) < 4.78 is 4.99. The molecule has 0 aliphatic carbocycles. The van der Waals surface area contributed by atoms with Crippen LogP contribution in [0.5, 0.6) is 0 Å². The smallest absolute Gasteiger partial charge is 0.338 e. The summed E-state index contributed by atoms with van der Waals surface area (Å²) in [4.78, 5) is 13.9. The zero-order valence-corrected chi connectivity index (χ0v) is 10.9. The summed E-state index contributed by atoms with van der Waals surface area (Å²) in [5.74, 6) is -0.242. The number of carbonyl (C=O) groups is 1. The molecule has 0 aliphatic rings. The van der Waals surface area contributed by atoms with Crippen LogP contribution >= 0.6 is 0 Å². The molecule has 0 aliphatic heterocycles. The molecular formula is C14H21NO2. The van der Waals surface area contributed by atoms with E-state index in [1.807, 2.05) is 25.1 Å². The highest BCUT2D eigenvalue weighted by Crippen LogP contribution is 2.09. The summed E-state index contributed by atoms with van der Waals surface area (Å²) in [6, 6.07) is 7.66. The molecular weight excluding hydrogens is 214 g/mol. The largest absolute Gasteiger partial charge is 0.462 e. The fourth-order valence-corrected chi connectivity index (χ4v) is 1.72. The molecule has 17 heavy (non-hydrogen) atoms. The summed E-state index contributed by atoms with van der Waals surface area (Å²) in [5, 5.41) is 0. The van der Waals surface area contributed by atoms with Gasteiger partial charge in [-0.05, 0) is 37.7 Å². The van der Waals surface area contributed by atoms with Crippen molar-refractivity contribution in [2.75, 3.05) is 19.7 Å². The first-order chi connectivity index (χ1) is 8.21. The molecule has 94 valence electrons. The number of nitrogens with zero attached hydrogens (tertiary/aromatic N) is 1. The van der Waals surface area contributed by atoms with Gasteiger partial charge in [0.15, 0.2) is 0 Å². The molecule has 0 heterocycles. The maximum Gasteiger partial charge on any atom is 0.338 e. The van der Waals surface area contributed by atoms with Crippen molar-refractivity contribution in [1.29, 1.82) is 0 Å². The van der Waals surface area contributed by atoms with Crippen LogP contribution in [0.25, 0.3) is 0 Å². The number of hydrogen-bond acceptors (Lipinski definition) is 3. The predicted molar refractivity (Wildman–Crippen MR) is 69.0 cm³/mol. The third-order valence-corrected chi connectivity index (χ3v) is 2.74. The Morgan fingerprint density at radius 1 is 1.24 bits per heavy atom. The quantitative estimate of drug-likeness (QED) is 0.710. The maximum atomic E-state index is 11.6. The van der Waals surface area contributed by atoms with E-state index in [1.165, 1.54) is 0 Å². The molecule has 0 N–H and O–H groups in total. The molecule has 0 amide bonds. The number of rotatable bonds is 6. The van der Waals surface area contributed by atoms with Crippen molar-refractivity contribution in [1.82, 2.24) is 4.90 Å². The van der Waals surface area contributed by atoms with Gasteiger partial charge in [0.1, 0.15) is 0 Å². The Bertz CT molecular complexity index is 359. The van der Waals surface area contributed by atoms with Crippen molar-refractivity contribution < 1.29 is 9.53 Å². The lowest BCUT2D eigenvalue weighted by molar-refractivity contribution is 0.0526. The van der Waals surface area contributed by atoms with Crippen LogP contribution < -0.4 is 0 Å². The number of esters is 1. The molecule has 3 heteroatoms. The van der Waals surface area contributed by atoms with Gasteiger partial charge in [0, 0.05) is 6.54 Å². The van der Waals surface area contributed by atoms with Crippen LogP contribution in [0.3, 0.4) is 0 Å². The second-order valence-electron chi connectivity index (χ2n) is 3.88. The Hall–Kier alpha value is -1.35. The second-order valence-corrected chi connectivity index (χ2v) is 3.88. The highest BCUT2D eigenvalue weighted by molar-refractivity contribution is 5.89. The number of carbonyl (C=O) groups excluding carboxylic acids is 1. The lowest BCUT2D eigenvalue weighted by Gasteiger charge is -2.18. The van der Waals surface area contributed by atoms with Crippen molar-refractivity contribution in [3.8, 4) is 0 Å². The van der Waals surface area contributed by atoms with Crippen LogP contribution in [0.4, 0.5) is 0 Å². The van der Waals surface area contributed by atoms with Crippen molar-refractivity contribution in [3.63, 3.8) is 0 Å². The third-order valence-electron chi connectivity index (χ3n) is 2.74. The first kappa shape index (κ1) is 13.7. The van der Waals surface area contributed by atoms with E-state index in [0.29, 0.717) is 12.2 Å². The van der Waals surface area contributed by atoms with Crippen LogP contribution in [0, 0.1) is 0 Å². The minimum absolute atomic E-state index is 0.242. The number of ether oxygens (including phenoxy) is 1. The van der Waals surface area contributed by atoms with Gasteiger partial charge >= 0.3 is 5.97 Å². The zero-order valence-electron chi connectivity index (χ0n) is 10.9. The van der Waals surface area contributed by atoms with Gasteiger partial charge in [0.2, 0.25) is 0 Å². The second kappa shape index (κ2) is 7.07. The molecule has 0 saturated heterocycles. The average Bonchev–Trinajstić information content (AvgIpc) is 2.36. The van der Waals surface area contributed by atoms with Crippen LogP contribution in [-0.2, 0) is 11.3 Å². The van der Waals surface area contributed by atoms with Gasteiger partial charge in [0.25, 0.3) is 0 Å². The van der Waals surface area contributed by atoms with Gasteiger partial charge in [-0.15, -0.1) is 0 Å². The van der Waals surface area contributed by atoms with Gasteiger partial charge in [0.05, 0.1) is 12.2 Å². The molecule has 1 aromatic rings. The van der Waals surface area contributed by atoms with E-state index in [9.17, 15) is 4.79 Å². The van der Waals surface area contributed by atoms with Crippen molar-refractivity contribution in [2.24, 2.45) is 0 Å². The van der Waals surface area contributed by atoms with E-state index in [0.717, 1.165) is 25.2 Å². The van der Waals surface area contributed by atoms with E-state index < -0.39 is 0 Å². The summed E-state index contributed by atoms with van der Waals surface area (Å²) in [7, 11) is 0. The van der Waals surface area contributed by atoms with Gasteiger partial charge in [-0.3, -0.25) is 4.90 Å². The fourth-order valence-electron chi connectivity index (χ4n) is 1.72. The lowest BCUT2D eigenvalue weighted by Crippen LogP contribution is -2.22. The summed E-state index contributed by atoms with van der Waals surface area (Å²) >= 11 is 0. The summed E-state index contributed by atoms with van der Waals surface area (Å²) in [6.45, 7) is 9.41. The Morgan fingerprint density at radius 2 is 1.94 bits per heavy atom. The fraction of sp³-hybridized carbons (Fsp3) is 0.500. The van der Waals surface area contributed by atoms with Gasteiger partial charge in [-0.2, -0.15) is 0 Å². The molecule has 3 nitrogen and oxygen atoms in total. The molecule has 0 fully saturated rings. The first-order valence-corrected chi connectivity index (χ1v) is 6.19. The van der Waals surface area contributed by atoms with Gasteiger partial charge in [-0.25, -0.2) is 4.79 Å². The first-order valence-electron chi connectivity index (χ1n) is 6.19. The van der Waals surface area contributed by atoms with E-state index in [-0.39, 0.29) is 5.97 Å². The Balaban J connectivity index is 2.75. The number of hydrogen-bond donors (Lipinski definition) is 0. The van der Waals surface area contributed by atoms with Crippen LogP contribution in [0.1, 0.15) is 36.7 Å². The minimum Gasteiger partial charge on any atom is -0.462 e. The Morgan fingerprint density at radius 3 is 2.53 bits per heavy atom. The number of benzene rings is 1. The van der Waals surface area contributed by atoms with Crippen molar-refractivity contribution >= 4 is 5.97 Å². The van der Waals surface area contributed by atoms with Crippen LogP contribution in [0.2, 0.25) is 0 Å². The van der Waals surface area contributed by atoms with Gasteiger partial charge in [-0.1, -0.05) is 26.0 Å². The molecule has 1 rings (SSSR count). The topological polar surface area (TPSA) is 29.5 Å². The van der Waals surface area contributed by atoms with Crippen molar-refractivity contribution in [2.45, 2.75) is 27.3 Å². The Kier molecular flexibility index (Phi) is 5.70. The van der Waals surface area contributed by atoms with E-state index in [1.54, 1.807) is 6.07 Å². The predicted octanol–water partition coefficient (Wildman–Crippen LogP) is 2.71. The monoisotopic (exact) mass is 235 g/mol. The maximum absolute atomic E-state index is 11.6. The van der Waals surface area contributed by atoms with E-state index in [2.05, 4.69) is 18.7 Å². The molecule has 0 unspecified atom stereocenters. The highest BCUT2D eigenvalue weighted by atomic mass is 16.5. The average molecular weight is 235 g/mol. The Labute approximate surface area is 103 Å². The summed E-state index contributed by atoms with van der Waals surface area (Å²) in [6.07, 6.45) is 0. The summed E-state index contributed by atoms with van der Waals surface area (Å²) in [5.41, 5.74) is 1.79. The van der Waals surface area contributed by atoms with E-state index >= 15 is 0 Å². The highest BCUT2D eigenvalue weighted by Gasteiger charge is 2.07. The van der Waals surface area contributed by atoms with E-state index in [4.69, 9.17) is 4.74 Å².